The van der Waals surface area contributed by atoms with Crippen molar-refractivity contribution in [2.45, 2.75) is 44.4 Å². The molecule has 6 heteroatoms. The van der Waals surface area contributed by atoms with Crippen LogP contribution >= 0.6 is 0 Å². The Morgan fingerprint density at radius 2 is 1.88 bits per heavy atom. The van der Waals surface area contributed by atoms with E-state index in [-0.39, 0.29) is 12.0 Å². The molecule has 3 N–H and O–H groups in total. The first-order chi connectivity index (χ1) is 12.8. The number of quaternary nitrogens is 1. The second-order valence-corrected chi connectivity index (χ2v) is 7.11. The fourth-order valence-electron chi connectivity index (χ4n) is 3.82. The molecule has 2 fully saturated rings. The van der Waals surface area contributed by atoms with E-state index < -0.39 is 0 Å². The minimum Gasteiger partial charge on any atom is -0.450 e. The Bertz CT molecular complexity index is 745. The highest BCUT2D eigenvalue weighted by atomic mass is 16.5. The minimum atomic E-state index is -0.155. The van der Waals surface area contributed by atoms with Crippen LogP contribution in [0, 0.1) is 0 Å². The number of hydrogen-bond acceptors (Lipinski definition) is 4. The van der Waals surface area contributed by atoms with Gasteiger partial charge < -0.3 is 24.5 Å². The number of amides is 1. The highest BCUT2D eigenvalue weighted by Crippen LogP contribution is 2.25. The molecule has 2 atom stereocenters. The van der Waals surface area contributed by atoms with E-state index in [1.807, 2.05) is 24.3 Å². The fraction of sp³-hybridized carbons (Fsp3) is 0.550. The summed E-state index contributed by atoms with van der Waals surface area (Å²) in [4.78, 5) is 12.7. The average Bonchev–Trinajstić information content (AvgIpc) is 3.41. The van der Waals surface area contributed by atoms with Crippen LogP contribution < -0.4 is 10.6 Å². The van der Waals surface area contributed by atoms with Gasteiger partial charge in [0.05, 0.1) is 11.7 Å². The predicted molar refractivity (Wildman–Crippen MR) is 97.0 cm³/mol. The Balaban J connectivity index is 1.46. The topological polar surface area (TPSA) is 77.3 Å². The average molecular weight is 359 g/mol. The smallest absolute Gasteiger partial charge is 0.287 e. The van der Waals surface area contributed by atoms with Crippen molar-refractivity contribution in [2.24, 2.45) is 0 Å². The van der Waals surface area contributed by atoms with Crippen LogP contribution in [0.25, 0.3) is 11.0 Å². The second kappa shape index (κ2) is 8.20. The van der Waals surface area contributed by atoms with Gasteiger partial charge in [-0.15, -0.1) is 0 Å². The maximum Gasteiger partial charge on any atom is 0.287 e. The third-order valence-corrected chi connectivity index (χ3v) is 5.22. The Hall–Kier alpha value is -1.89. The molecule has 0 bridgehead atoms. The van der Waals surface area contributed by atoms with Gasteiger partial charge in [0.2, 0.25) is 5.76 Å². The third-order valence-electron chi connectivity index (χ3n) is 5.22. The van der Waals surface area contributed by atoms with Crippen LogP contribution in [0.2, 0.25) is 0 Å². The summed E-state index contributed by atoms with van der Waals surface area (Å²) in [7, 11) is 0. The monoisotopic (exact) mass is 359 g/mol. The van der Waals surface area contributed by atoms with Crippen LogP contribution in [0.4, 0.5) is 0 Å². The number of furan rings is 1. The molecule has 140 valence electrons. The van der Waals surface area contributed by atoms with Crippen LogP contribution in [-0.2, 0) is 16.0 Å². The van der Waals surface area contributed by atoms with Gasteiger partial charge in [0.1, 0.15) is 24.8 Å². The molecule has 6 nitrogen and oxygen atoms in total. The molecule has 1 amide bonds. The third kappa shape index (κ3) is 3.92. The summed E-state index contributed by atoms with van der Waals surface area (Å²) in [6.45, 7) is 3.81. The molecule has 1 aromatic heterocycles. The largest absolute Gasteiger partial charge is 0.450 e. The minimum absolute atomic E-state index is 0.123. The van der Waals surface area contributed by atoms with Crippen molar-refractivity contribution >= 4 is 16.9 Å². The Kier molecular flexibility index (Phi) is 5.53. The van der Waals surface area contributed by atoms with Crippen molar-refractivity contribution in [3.8, 4) is 0 Å². The van der Waals surface area contributed by atoms with Crippen molar-refractivity contribution < 1.29 is 24.0 Å². The normalized spacial score (nSPS) is 22.9. The van der Waals surface area contributed by atoms with Crippen LogP contribution in [0.3, 0.4) is 0 Å². The number of nitrogens with one attached hydrogen (secondary N) is 1. The molecule has 0 spiro atoms. The van der Waals surface area contributed by atoms with Gasteiger partial charge in [-0.3, -0.25) is 4.79 Å². The molecule has 0 aliphatic carbocycles. The van der Waals surface area contributed by atoms with E-state index in [1.54, 1.807) is 0 Å². The summed E-state index contributed by atoms with van der Waals surface area (Å²) < 4.78 is 17.2. The molecule has 3 heterocycles. The maximum absolute atomic E-state index is 12.7. The molecular weight excluding hydrogens is 332 g/mol. The molecule has 2 aromatic rings. The highest BCUT2D eigenvalue weighted by molar-refractivity contribution is 5.99. The Morgan fingerprint density at radius 1 is 1.12 bits per heavy atom. The van der Waals surface area contributed by atoms with E-state index in [0.717, 1.165) is 62.0 Å². The van der Waals surface area contributed by atoms with Gasteiger partial charge in [0, 0.05) is 25.1 Å². The molecule has 0 radical (unpaired) electrons. The molecule has 26 heavy (non-hydrogen) atoms. The van der Waals surface area contributed by atoms with Crippen LogP contribution in [0.15, 0.2) is 28.7 Å². The number of para-hydroxylation sites is 1. The summed E-state index contributed by atoms with van der Waals surface area (Å²) in [6.07, 6.45) is 4.78. The Morgan fingerprint density at radius 3 is 2.65 bits per heavy atom. The fourth-order valence-corrected chi connectivity index (χ4v) is 3.82. The summed E-state index contributed by atoms with van der Waals surface area (Å²) in [5, 5.41) is 6.20. The predicted octanol–water partition coefficient (Wildman–Crippen LogP) is 1.58. The molecule has 2 saturated heterocycles. The van der Waals surface area contributed by atoms with E-state index in [0.29, 0.717) is 25.0 Å². The van der Waals surface area contributed by atoms with Gasteiger partial charge in [0.25, 0.3) is 5.91 Å². The van der Waals surface area contributed by atoms with E-state index >= 15 is 0 Å². The molecule has 2 aliphatic heterocycles. The summed E-state index contributed by atoms with van der Waals surface area (Å²) in [5.74, 6) is 0.269. The molecule has 0 saturated carbocycles. The number of nitrogens with two attached hydrogens (primary N) is 1. The lowest BCUT2D eigenvalue weighted by Gasteiger charge is -2.11. The van der Waals surface area contributed by atoms with Gasteiger partial charge in [-0.1, -0.05) is 18.2 Å². The maximum atomic E-state index is 12.7. The first kappa shape index (κ1) is 17.5. The lowest BCUT2D eigenvalue weighted by Crippen LogP contribution is -2.84. The number of rotatable bonds is 7. The zero-order chi connectivity index (χ0) is 17.8. The van der Waals surface area contributed by atoms with Crippen LogP contribution in [-0.4, -0.2) is 44.4 Å². The number of fused-ring (bicyclic) bond motifs is 1. The Labute approximate surface area is 153 Å². The van der Waals surface area contributed by atoms with Gasteiger partial charge in [-0.2, -0.15) is 0 Å². The first-order valence-electron chi connectivity index (χ1n) is 9.65. The number of hydrogen-bond donors (Lipinski definition) is 2. The zero-order valence-electron chi connectivity index (χ0n) is 15.0. The number of carbonyl (C=O) groups is 1. The number of carbonyl (C=O) groups excluding carboxylic acids is 1. The quantitative estimate of drug-likeness (QED) is 0.787. The summed E-state index contributed by atoms with van der Waals surface area (Å²) >= 11 is 0. The van der Waals surface area contributed by atoms with Crippen LogP contribution in [0.5, 0.6) is 0 Å². The highest BCUT2D eigenvalue weighted by Gasteiger charge is 2.24. The summed E-state index contributed by atoms with van der Waals surface area (Å²) in [6, 6.07) is 7.84. The van der Waals surface area contributed by atoms with Crippen molar-refractivity contribution in [1.82, 2.24) is 5.32 Å². The number of benzene rings is 1. The van der Waals surface area contributed by atoms with Crippen LogP contribution in [0.1, 0.15) is 41.8 Å². The van der Waals surface area contributed by atoms with Gasteiger partial charge in [-0.05, 0) is 31.7 Å². The SMILES string of the molecule is O=C(NC[C@@H]1CCCO1)c1oc2ccccc2c1C[NH2+]C[C@H]1CCCO1. The van der Waals surface area contributed by atoms with Gasteiger partial charge in [-0.25, -0.2) is 0 Å². The standard InChI is InChI=1S/C20H26N2O4/c23-20(22-12-15-6-4-10-25-15)19-17(13-21-11-14-5-3-9-24-14)16-7-1-2-8-18(16)26-19/h1-2,7-8,14-15,21H,3-6,9-13H2,(H,22,23)/p+1/t14-,15+/m1/s1. The molecule has 0 unspecified atom stereocenters. The van der Waals surface area contributed by atoms with E-state index in [2.05, 4.69) is 10.6 Å². The summed E-state index contributed by atoms with van der Waals surface area (Å²) in [5.41, 5.74) is 1.72. The molecule has 1 aromatic carbocycles. The lowest BCUT2D eigenvalue weighted by atomic mass is 10.1. The molecule has 2 aliphatic rings. The van der Waals surface area contributed by atoms with Crippen molar-refractivity contribution in [3.05, 3.63) is 35.6 Å². The van der Waals surface area contributed by atoms with E-state index in [1.165, 1.54) is 0 Å². The second-order valence-electron chi connectivity index (χ2n) is 7.11. The van der Waals surface area contributed by atoms with Gasteiger partial charge in [0.15, 0.2) is 0 Å². The van der Waals surface area contributed by atoms with Gasteiger partial charge >= 0.3 is 0 Å². The zero-order valence-corrected chi connectivity index (χ0v) is 15.0. The number of ether oxygens (including phenoxy) is 2. The van der Waals surface area contributed by atoms with E-state index in [9.17, 15) is 4.79 Å². The van der Waals surface area contributed by atoms with Crippen molar-refractivity contribution in [1.29, 1.82) is 0 Å². The van der Waals surface area contributed by atoms with E-state index in [4.69, 9.17) is 13.9 Å². The van der Waals surface area contributed by atoms with Crippen molar-refractivity contribution in [2.75, 3.05) is 26.3 Å². The first-order valence-corrected chi connectivity index (χ1v) is 9.65. The lowest BCUT2D eigenvalue weighted by molar-refractivity contribution is -0.676. The molecule has 4 rings (SSSR count). The molecular formula is C20H27N2O4+. The van der Waals surface area contributed by atoms with Crippen molar-refractivity contribution in [3.63, 3.8) is 0 Å².